The summed E-state index contributed by atoms with van der Waals surface area (Å²) in [6, 6.07) is -1.47. The van der Waals surface area contributed by atoms with Crippen LogP contribution in [0.1, 0.15) is 34.1 Å². The molecule has 8 heteroatoms. The number of nitrogens with one attached hydrogen (secondary N) is 2. The lowest BCUT2D eigenvalue weighted by atomic mass is 10.0. The lowest BCUT2D eigenvalue weighted by Crippen LogP contribution is -2.54. The summed E-state index contributed by atoms with van der Waals surface area (Å²) < 4.78 is 0. The molecule has 0 aliphatic heterocycles. The smallest absolute Gasteiger partial charge is 0.325 e. The van der Waals surface area contributed by atoms with Gasteiger partial charge in [0.15, 0.2) is 0 Å². The molecule has 124 valence electrons. The minimum absolute atomic E-state index is 0.170. The van der Waals surface area contributed by atoms with Crippen molar-refractivity contribution in [2.24, 2.45) is 17.6 Å². The van der Waals surface area contributed by atoms with Crippen molar-refractivity contribution in [3.8, 4) is 0 Å². The van der Waals surface area contributed by atoms with Crippen molar-refractivity contribution in [1.82, 2.24) is 10.6 Å². The molecule has 0 radical (unpaired) electrons. The normalized spacial score (nSPS) is 13.2. The number of hydrogen-bond donors (Lipinski definition) is 3. The zero-order valence-corrected chi connectivity index (χ0v) is 13.5. The van der Waals surface area contributed by atoms with Crippen molar-refractivity contribution in [2.45, 2.75) is 46.2 Å². The highest BCUT2D eigenvalue weighted by Gasteiger charge is 2.26. The van der Waals surface area contributed by atoms with Crippen molar-refractivity contribution in [3.05, 3.63) is 5.53 Å². The van der Waals surface area contributed by atoms with Gasteiger partial charge in [0.1, 0.15) is 6.04 Å². The number of carbonyl (C=O) groups is 3. The Kier molecular flexibility index (Phi) is 8.89. The molecule has 0 saturated carbocycles. The predicted molar refractivity (Wildman–Crippen MR) is 81.9 cm³/mol. The minimum Gasteiger partial charge on any atom is -0.361 e. The Balaban J connectivity index is 4.65. The summed E-state index contributed by atoms with van der Waals surface area (Å²) in [7, 11) is 0. The van der Waals surface area contributed by atoms with Gasteiger partial charge in [0.2, 0.25) is 11.8 Å². The Bertz CT molecular complexity index is 455. The number of ketones is 1. The van der Waals surface area contributed by atoms with E-state index in [-0.39, 0.29) is 18.4 Å². The molecule has 0 aromatic carbocycles. The minimum atomic E-state index is -0.787. The van der Waals surface area contributed by atoms with Crippen LogP contribution < -0.4 is 16.4 Å². The lowest BCUT2D eigenvalue weighted by Gasteiger charge is -2.23. The third-order valence-electron chi connectivity index (χ3n) is 2.95. The SMILES string of the molecule is CC(C)CC(N)C(=O)NC(C(=O)NCC(=O)C=[N+]=[N-])C(C)C. The standard InChI is InChI=1S/C14H25N5O3/c1-8(2)5-11(15)13(21)19-12(9(3)4)14(22)17-6-10(20)7-18-16/h7-9,11-12H,5-6,15H2,1-4H3,(H,17,22)(H,19,21). The maximum atomic E-state index is 12.0. The summed E-state index contributed by atoms with van der Waals surface area (Å²) in [5.41, 5.74) is 14.0. The second-order valence-corrected chi connectivity index (χ2v) is 5.90. The van der Waals surface area contributed by atoms with Crippen LogP contribution in [-0.2, 0) is 14.4 Å². The molecule has 0 fully saturated rings. The van der Waals surface area contributed by atoms with Crippen LogP contribution in [0.15, 0.2) is 0 Å². The predicted octanol–water partition coefficient (Wildman–Crippen LogP) is -0.513. The van der Waals surface area contributed by atoms with Crippen LogP contribution >= 0.6 is 0 Å². The quantitative estimate of drug-likeness (QED) is 0.300. The Morgan fingerprint density at radius 2 is 1.77 bits per heavy atom. The number of Topliss-reactive ketones (excluding diaryl/α,β-unsaturated/α-hetero) is 1. The molecule has 0 aromatic heterocycles. The van der Waals surface area contributed by atoms with E-state index in [1.165, 1.54) is 0 Å². The van der Waals surface area contributed by atoms with Gasteiger partial charge in [0.05, 0.1) is 12.6 Å². The first-order valence-corrected chi connectivity index (χ1v) is 7.22. The van der Waals surface area contributed by atoms with Crippen LogP contribution in [-0.4, -0.2) is 47.2 Å². The van der Waals surface area contributed by atoms with E-state index in [0.717, 1.165) is 0 Å². The number of nitrogens with two attached hydrogens (primary N) is 1. The highest BCUT2D eigenvalue weighted by Crippen LogP contribution is 2.06. The van der Waals surface area contributed by atoms with Gasteiger partial charge in [-0.2, -0.15) is 4.79 Å². The molecule has 0 aliphatic rings. The van der Waals surface area contributed by atoms with Crippen LogP contribution in [0, 0.1) is 11.8 Å². The number of amides is 2. The molecule has 8 nitrogen and oxygen atoms in total. The first kappa shape index (κ1) is 19.9. The molecule has 2 atom stereocenters. The zero-order valence-electron chi connectivity index (χ0n) is 13.5. The molecule has 0 aromatic rings. The van der Waals surface area contributed by atoms with Gasteiger partial charge in [-0.15, -0.1) is 0 Å². The second kappa shape index (κ2) is 9.81. The van der Waals surface area contributed by atoms with Gasteiger partial charge in [-0.25, -0.2) is 0 Å². The van der Waals surface area contributed by atoms with E-state index >= 15 is 0 Å². The molecular formula is C14H25N5O3. The highest BCUT2D eigenvalue weighted by molar-refractivity contribution is 6.26. The number of carbonyl (C=O) groups excluding carboxylic acids is 3. The number of nitrogens with zero attached hydrogens (tertiary/aromatic N) is 2. The van der Waals surface area contributed by atoms with Crippen LogP contribution in [0.5, 0.6) is 0 Å². The Morgan fingerprint density at radius 1 is 1.18 bits per heavy atom. The summed E-state index contributed by atoms with van der Waals surface area (Å²) in [4.78, 5) is 37.8. The monoisotopic (exact) mass is 311 g/mol. The van der Waals surface area contributed by atoms with Crippen molar-refractivity contribution < 1.29 is 19.2 Å². The van der Waals surface area contributed by atoms with E-state index < -0.39 is 29.7 Å². The zero-order chi connectivity index (χ0) is 17.3. The number of hydrogen-bond acceptors (Lipinski definition) is 4. The molecule has 0 heterocycles. The fourth-order valence-electron chi connectivity index (χ4n) is 1.80. The van der Waals surface area contributed by atoms with Crippen molar-refractivity contribution in [1.29, 1.82) is 0 Å². The summed E-state index contributed by atoms with van der Waals surface area (Å²) in [6.07, 6.45) is 1.21. The molecule has 2 amide bonds. The third kappa shape index (κ3) is 7.66. The van der Waals surface area contributed by atoms with E-state index in [4.69, 9.17) is 11.3 Å². The molecule has 0 aliphatic carbocycles. The first-order valence-electron chi connectivity index (χ1n) is 7.22. The highest BCUT2D eigenvalue weighted by atomic mass is 16.2. The Hall–Kier alpha value is -2.05. The fraction of sp³-hybridized carbons (Fsp3) is 0.714. The topological polar surface area (TPSA) is 138 Å². The van der Waals surface area contributed by atoms with Gasteiger partial charge >= 0.3 is 6.21 Å². The second-order valence-electron chi connectivity index (χ2n) is 5.90. The van der Waals surface area contributed by atoms with E-state index in [2.05, 4.69) is 15.4 Å². The van der Waals surface area contributed by atoms with Gasteiger partial charge in [-0.3, -0.25) is 14.4 Å². The lowest BCUT2D eigenvalue weighted by molar-refractivity contribution is -0.131. The van der Waals surface area contributed by atoms with Crippen LogP contribution in [0.2, 0.25) is 0 Å². The summed E-state index contributed by atoms with van der Waals surface area (Å²) in [6.45, 7) is 7.15. The van der Waals surface area contributed by atoms with Crippen LogP contribution in [0.4, 0.5) is 0 Å². The van der Waals surface area contributed by atoms with Crippen molar-refractivity contribution in [2.75, 3.05) is 6.54 Å². The maximum absolute atomic E-state index is 12.0. The van der Waals surface area contributed by atoms with Gasteiger partial charge in [-0.05, 0) is 18.3 Å². The van der Waals surface area contributed by atoms with Crippen molar-refractivity contribution in [3.63, 3.8) is 0 Å². The molecule has 2 unspecified atom stereocenters. The van der Waals surface area contributed by atoms with E-state index in [1.807, 2.05) is 13.8 Å². The Morgan fingerprint density at radius 3 is 2.23 bits per heavy atom. The molecule has 0 bridgehead atoms. The molecular weight excluding hydrogens is 286 g/mol. The third-order valence-corrected chi connectivity index (χ3v) is 2.95. The average Bonchev–Trinajstić information content (AvgIpc) is 2.41. The number of rotatable bonds is 9. The Labute approximate surface area is 130 Å². The molecule has 4 N–H and O–H groups in total. The van der Waals surface area contributed by atoms with E-state index in [9.17, 15) is 14.4 Å². The summed E-state index contributed by atoms with van der Waals surface area (Å²) >= 11 is 0. The van der Waals surface area contributed by atoms with Crippen LogP contribution in [0.3, 0.4) is 0 Å². The fourth-order valence-corrected chi connectivity index (χ4v) is 1.80. The summed E-state index contributed by atoms with van der Waals surface area (Å²) in [5.74, 6) is -1.34. The molecule has 0 rings (SSSR count). The van der Waals surface area contributed by atoms with E-state index in [1.54, 1.807) is 13.8 Å². The average molecular weight is 311 g/mol. The van der Waals surface area contributed by atoms with Crippen molar-refractivity contribution >= 4 is 23.8 Å². The van der Waals surface area contributed by atoms with E-state index in [0.29, 0.717) is 12.6 Å². The van der Waals surface area contributed by atoms with Gasteiger partial charge in [-0.1, -0.05) is 27.7 Å². The largest absolute Gasteiger partial charge is 0.361 e. The molecule has 22 heavy (non-hydrogen) atoms. The summed E-state index contributed by atoms with van der Waals surface area (Å²) in [5, 5.41) is 4.99. The van der Waals surface area contributed by atoms with Gasteiger partial charge in [0.25, 0.3) is 5.78 Å². The molecule has 0 spiro atoms. The van der Waals surface area contributed by atoms with Crippen LogP contribution in [0.25, 0.3) is 5.53 Å². The maximum Gasteiger partial charge on any atom is 0.325 e. The van der Waals surface area contributed by atoms with Gasteiger partial charge < -0.3 is 21.9 Å². The molecule has 0 saturated heterocycles. The first-order chi connectivity index (χ1) is 10.2. The van der Waals surface area contributed by atoms with Gasteiger partial charge in [0, 0.05) is 0 Å².